The number of rotatable bonds is 10. The maximum Gasteiger partial charge on any atom is 0.387 e. The Morgan fingerprint density at radius 3 is 2.71 bits per heavy atom. The second-order valence-corrected chi connectivity index (χ2v) is 4.72. The minimum absolute atomic E-state index is 0.0860. The molecule has 0 bridgehead atoms. The van der Waals surface area contributed by atoms with Crippen LogP contribution in [-0.2, 0) is 14.4 Å². The number of nitrogens with one attached hydrogen (secondary N) is 1. The van der Waals surface area contributed by atoms with Crippen LogP contribution in [0.15, 0.2) is 23.4 Å². The standard InChI is InChI=1S/C15H20F2N2O5/c1-10(8-21-2)19-14(20)9-23-18-7-11-4-5-12(24-15(16)17)13(6-11)22-3/h4-7,10,15H,8-9H2,1-3H3,(H,19,20)/b18-7+. The molecule has 0 aliphatic heterocycles. The van der Waals surface area contributed by atoms with Crippen molar-refractivity contribution in [3.05, 3.63) is 23.8 Å². The molecule has 1 rings (SSSR count). The van der Waals surface area contributed by atoms with E-state index < -0.39 is 6.61 Å². The van der Waals surface area contributed by atoms with Gasteiger partial charge in [0.25, 0.3) is 5.91 Å². The Bertz CT molecular complexity index is 555. The predicted octanol–water partition coefficient (Wildman–Crippen LogP) is 1.80. The van der Waals surface area contributed by atoms with Gasteiger partial charge in [0, 0.05) is 18.7 Å². The van der Waals surface area contributed by atoms with Crippen molar-refractivity contribution in [3.8, 4) is 11.5 Å². The smallest absolute Gasteiger partial charge is 0.387 e. The number of carbonyl (C=O) groups is 1. The number of amides is 1. The minimum Gasteiger partial charge on any atom is -0.493 e. The van der Waals surface area contributed by atoms with Crippen LogP contribution in [0.25, 0.3) is 0 Å². The highest BCUT2D eigenvalue weighted by Gasteiger charge is 2.10. The molecule has 1 amide bonds. The second kappa shape index (κ2) is 10.4. The van der Waals surface area contributed by atoms with Gasteiger partial charge in [0.15, 0.2) is 18.1 Å². The van der Waals surface area contributed by atoms with Crippen molar-refractivity contribution in [2.45, 2.75) is 19.6 Å². The Morgan fingerprint density at radius 1 is 1.33 bits per heavy atom. The summed E-state index contributed by atoms with van der Waals surface area (Å²) in [5.41, 5.74) is 0.529. The summed E-state index contributed by atoms with van der Waals surface area (Å²) in [5, 5.41) is 6.29. The van der Waals surface area contributed by atoms with Crippen LogP contribution in [0, 0.1) is 0 Å². The van der Waals surface area contributed by atoms with Gasteiger partial charge in [-0.05, 0) is 25.1 Å². The van der Waals surface area contributed by atoms with Gasteiger partial charge in [-0.1, -0.05) is 5.16 Å². The lowest BCUT2D eigenvalue weighted by atomic mass is 10.2. The van der Waals surface area contributed by atoms with Crippen LogP contribution in [-0.4, -0.2) is 52.2 Å². The van der Waals surface area contributed by atoms with Crippen LogP contribution < -0.4 is 14.8 Å². The summed E-state index contributed by atoms with van der Waals surface area (Å²) in [6, 6.07) is 4.13. The summed E-state index contributed by atoms with van der Waals surface area (Å²) in [7, 11) is 2.87. The van der Waals surface area contributed by atoms with Crippen LogP contribution in [0.3, 0.4) is 0 Å². The summed E-state index contributed by atoms with van der Waals surface area (Å²) in [6.45, 7) is -1.02. The van der Waals surface area contributed by atoms with Gasteiger partial charge in [0.2, 0.25) is 0 Å². The molecule has 0 aliphatic carbocycles. The topological polar surface area (TPSA) is 78.4 Å². The molecule has 0 aromatic heterocycles. The summed E-state index contributed by atoms with van der Waals surface area (Å²) >= 11 is 0. The number of ether oxygens (including phenoxy) is 3. The lowest BCUT2D eigenvalue weighted by molar-refractivity contribution is -0.126. The molecular weight excluding hydrogens is 326 g/mol. The molecule has 0 aliphatic rings. The number of benzene rings is 1. The number of carbonyl (C=O) groups excluding carboxylic acids is 1. The van der Waals surface area contributed by atoms with Gasteiger partial charge in [-0.3, -0.25) is 4.79 Å². The normalized spacial score (nSPS) is 12.2. The fourth-order valence-corrected chi connectivity index (χ4v) is 1.76. The lowest BCUT2D eigenvalue weighted by Crippen LogP contribution is -2.37. The van der Waals surface area contributed by atoms with Crippen LogP contribution in [0.5, 0.6) is 11.5 Å². The van der Waals surface area contributed by atoms with E-state index in [-0.39, 0.29) is 30.1 Å². The molecule has 0 radical (unpaired) electrons. The third kappa shape index (κ3) is 7.23. The Balaban J connectivity index is 2.51. The Morgan fingerprint density at radius 2 is 2.08 bits per heavy atom. The van der Waals surface area contributed by atoms with Gasteiger partial charge in [0.1, 0.15) is 0 Å². The van der Waals surface area contributed by atoms with E-state index in [1.165, 1.54) is 38.6 Å². The number of alkyl halides is 2. The minimum atomic E-state index is -2.94. The number of hydrogen-bond acceptors (Lipinski definition) is 6. The highest BCUT2D eigenvalue weighted by molar-refractivity contribution is 5.81. The first-order valence-electron chi connectivity index (χ1n) is 7.02. The second-order valence-electron chi connectivity index (χ2n) is 4.72. The molecule has 1 unspecified atom stereocenters. The molecule has 24 heavy (non-hydrogen) atoms. The molecule has 0 fully saturated rings. The maximum atomic E-state index is 12.2. The predicted molar refractivity (Wildman–Crippen MR) is 82.7 cm³/mol. The lowest BCUT2D eigenvalue weighted by Gasteiger charge is -2.11. The fraction of sp³-hybridized carbons (Fsp3) is 0.467. The van der Waals surface area contributed by atoms with Crippen LogP contribution in [0.4, 0.5) is 8.78 Å². The molecule has 1 aromatic carbocycles. The molecular formula is C15H20F2N2O5. The monoisotopic (exact) mass is 346 g/mol. The molecule has 0 saturated carbocycles. The SMILES string of the molecule is COCC(C)NC(=O)CO/N=C/c1ccc(OC(F)F)c(OC)c1. The van der Waals surface area contributed by atoms with Gasteiger partial charge in [0.05, 0.1) is 19.9 Å². The largest absolute Gasteiger partial charge is 0.493 e. The quantitative estimate of drug-likeness (QED) is 0.516. The van der Waals surface area contributed by atoms with E-state index in [0.717, 1.165) is 0 Å². The molecule has 0 spiro atoms. The van der Waals surface area contributed by atoms with Gasteiger partial charge in [-0.15, -0.1) is 0 Å². The molecule has 134 valence electrons. The van der Waals surface area contributed by atoms with Crippen LogP contribution >= 0.6 is 0 Å². The number of hydrogen-bond donors (Lipinski definition) is 1. The van der Waals surface area contributed by atoms with Gasteiger partial charge in [-0.25, -0.2) is 0 Å². The Labute approximate surface area is 138 Å². The summed E-state index contributed by atoms with van der Waals surface area (Å²) in [6.07, 6.45) is 1.32. The molecule has 1 N–H and O–H groups in total. The van der Waals surface area contributed by atoms with E-state index in [9.17, 15) is 13.6 Å². The van der Waals surface area contributed by atoms with E-state index in [1.54, 1.807) is 6.92 Å². The highest BCUT2D eigenvalue weighted by atomic mass is 19.3. The number of halogens is 2. The van der Waals surface area contributed by atoms with Crippen LogP contribution in [0.2, 0.25) is 0 Å². The molecule has 0 saturated heterocycles. The first-order valence-corrected chi connectivity index (χ1v) is 7.02. The summed E-state index contributed by atoms with van der Waals surface area (Å²) in [4.78, 5) is 16.4. The Kier molecular flexibility index (Phi) is 8.48. The average molecular weight is 346 g/mol. The highest BCUT2D eigenvalue weighted by Crippen LogP contribution is 2.28. The van der Waals surface area contributed by atoms with Crippen molar-refractivity contribution in [2.24, 2.45) is 5.16 Å². The zero-order valence-electron chi connectivity index (χ0n) is 13.6. The van der Waals surface area contributed by atoms with Gasteiger partial charge in [-0.2, -0.15) is 8.78 Å². The zero-order chi connectivity index (χ0) is 17.9. The van der Waals surface area contributed by atoms with Crippen molar-refractivity contribution in [1.29, 1.82) is 0 Å². The van der Waals surface area contributed by atoms with Crippen molar-refractivity contribution in [3.63, 3.8) is 0 Å². The molecule has 7 nitrogen and oxygen atoms in total. The Hall–Kier alpha value is -2.42. The third-order valence-electron chi connectivity index (χ3n) is 2.70. The maximum absolute atomic E-state index is 12.2. The van der Waals surface area contributed by atoms with E-state index in [4.69, 9.17) is 14.3 Å². The molecule has 9 heteroatoms. The average Bonchev–Trinajstić information content (AvgIpc) is 2.52. The molecule has 1 aromatic rings. The van der Waals surface area contributed by atoms with Gasteiger partial charge < -0.3 is 24.4 Å². The van der Waals surface area contributed by atoms with E-state index >= 15 is 0 Å². The molecule has 1 atom stereocenters. The van der Waals surface area contributed by atoms with E-state index in [0.29, 0.717) is 12.2 Å². The van der Waals surface area contributed by atoms with Crippen LogP contribution in [0.1, 0.15) is 12.5 Å². The molecule has 0 heterocycles. The summed E-state index contributed by atoms with van der Waals surface area (Å²) < 4.78 is 38.6. The van der Waals surface area contributed by atoms with E-state index in [2.05, 4.69) is 15.2 Å². The zero-order valence-corrected chi connectivity index (χ0v) is 13.6. The van der Waals surface area contributed by atoms with E-state index in [1.807, 2.05) is 0 Å². The van der Waals surface area contributed by atoms with Gasteiger partial charge >= 0.3 is 6.61 Å². The van der Waals surface area contributed by atoms with Crippen molar-refractivity contribution in [1.82, 2.24) is 5.32 Å². The number of oxime groups is 1. The van der Waals surface area contributed by atoms with Crippen molar-refractivity contribution >= 4 is 12.1 Å². The first kappa shape index (κ1) is 19.6. The van der Waals surface area contributed by atoms with Crippen molar-refractivity contribution in [2.75, 3.05) is 27.4 Å². The first-order chi connectivity index (χ1) is 11.5. The summed E-state index contributed by atoms with van der Waals surface area (Å²) in [5.74, 6) is -0.294. The fourth-order valence-electron chi connectivity index (χ4n) is 1.76. The van der Waals surface area contributed by atoms with Crippen molar-refractivity contribution < 1.29 is 32.6 Å². The number of nitrogens with zero attached hydrogens (tertiary/aromatic N) is 1. The number of methoxy groups -OCH3 is 2. The third-order valence-corrected chi connectivity index (χ3v) is 2.70.